The molecule has 0 nitrogen and oxygen atoms in total. The van der Waals surface area contributed by atoms with Crippen molar-refractivity contribution in [3.63, 3.8) is 0 Å². The minimum atomic E-state index is 0.833. The van der Waals surface area contributed by atoms with Crippen LogP contribution in [0, 0.1) is 23.7 Å². The molecule has 0 aromatic heterocycles. The Bertz CT molecular complexity index is 265. The summed E-state index contributed by atoms with van der Waals surface area (Å²) >= 11 is 0. The third-order valence-corrected chi connectivity index (χ3v) is 5.95. The van der Waals surface area contributed by atoms with Crippen LogP contribution >= 0.6 is 0 Å². The zero-order chi connectivity index (χ0) is 20.1. The highest BCUT2D eigenvalue weighted by Gasteiger charge is 2.35. The summed E-state index contributed by atoms with van der Waals surface area (Å²) in [5.41, 5.74) is 0.950. The van der Waals surface area contributed by atoms with Gasteiger partial charge >= 0.3 is 0 Å². The van der Waals surface area contributed by atoms with E-state index >= 15 is 0 Å². The van der Waals surface area contributed by atoms with Crippen molar-refractivity contribution < 1.29 is 0 Å². The Morgan fingerprint density at radius 3 is 1.15 bits per heavy atom. The van der Waals surface area contributed by atoms with E-state index in [4.69, 9.17) is 0 Å². The zero-order valence-electron chi connectivity index (χ0n) is 20.1. The van der Waals surface area contributed by atoms with Gasteiger partial charge in [0.2, 0.25) is 0 Å². The molecule has 0 spiro atoms. The van der Waals surface area contributed by atoms with Crippen molar-refractivity contribution in [2.75, 3.05) is 0 Å². The van der Waals surface area contributed by atoms with E-state index in [-0.39, 0.29) is 0 Å². The van der Waals surface area contributed by atoms with Gasteiger partial charge in [0, 0.05) is 0 Å². The molecule has 0 rings (SSSR count). The highest BCUT2D eigenvalue weighted by molar-refractivity contribution is 6.80. The summed E-state index contributed by atoms with van der Waals surface area (Å²) in [4.78, 5) is 0. The molecule has 0 fully saturated rings. The molecule has 0 bridgehead atoms. The molecule has 0 aliphatic heterocycles. The first kappa shape index (κ1) is 26.1. The minimum Gasteiger partial charge on any atom is -0.0828 e. The zero-order valence-corrected chi connectivity index (χ0v) is 20.1. The molecule has 0 atom stereocenters. The maximum Gasteiger partial charge on any atom is 0.136 e. The second-order valence-corrected chi connectivity index (χ2v) is 10.9. The van der Waals surface area contributed by atoms with Crippen LogP contribution in [-0.4, -0.2) is 13.4 Å². The Morgan fingerprint density at radius 2 is 0.846 bits per heavy atom. The maximum absolute atomic E-state index is 2.44. The molecule has 0 radical (unpaired) electrons. The van der Waals surface area contributed by atoms with Gasteiger partial charge in [-0.25, -0.2) is 0 Å². The molecule has 26 heavy (non-hydrogen) atoms. The number of rotatable bonds is 16. The topological polar surface area (TPSA) is 0 Å². The van der Waals surface area contributed by atoms with Crippen molar-refractivity contribution in [2.24, 2.45) is 23.7 Å². The maximum atomic E-state index is 2.44. The Morgan fingerprint density at radius 1 is 0.500 bits per heavy atom. The van der Waals surface area contributed by atoms with Crippen molar-refractivity contribution >= 4 is 13.4 Å². The average Bonchev–Trinajstić information content (AvgIpc) is 2.47. The second-order valence-electron chi connectivity index (χ2n) is 10.9. The van der Waals surface area contributed by atoms with Gasteiger partial charge in [-0.3, -0.25) is 0 Å². The molecule has 0 N–H and O–H groups in total. The van der Waals surface area contributed by atoms with E-state index < -0.39 is 0 Å². The molecule has 0 saturated heterocycles. The monoisotopic (exact) mass is 362 g/mol. The largest absolute Gasteiger partial charge is 0.136 e. The fourth-order valence-corrected chi connectivity index (χ4v) is 5.15. The lowest BCUT2D eigenvalue weighted by Crippen LogP contribution is -2.37. The van der Waals surface area contributed by atoms with E-state index in [0.717, 1.165) is 42.8 Å². The van der Waals surface area contributed by atoms with Gasteiger partial charge in [0.1, 0.15) is 13.4 Å². The Hall–Kier alpha value is 0.130. The van der Waals surface area contributed by atoms with Gasteiger partial charge in [0.05, 0.1) is 0 Å². The molecule has 0 heterocycles. The molecule has 0 amide bonds. The van der Waals surface area contributed by atoms with Crippen molar-refractivity contribution in [2.45, 2.75) is 132 Å². The highest BCUT2D eigenvalue weighted by Crippen LogP contribution is 2.36. The summed E-state index contributed by atoms with van der Waals surface area (Å²) < 4.78 is 0. The van der Waals surface area contributed by atoms with Gasteiger partial charge in [-0.1, -0.05) is 156 Å². The SMILES string of the molecule is CCCCCCCC(B(CC(C)C)CC(C)C)B(CC(C)C)CC(C)C. The Kier molecular flexibility index (Phi) is 15.2. The van der Waals surface area contributed by atoms with Gasteiger partial charge in [-0.05, 0) is 0 Å². The Balaban J connectivity index is 5.26. The lowest BCUT2D eigenvalue weighted by Gasteiger charge is -2.34. The standard InChI is InChI=1S/C24H52B2/c1-10-11-12-13-14-15-24(25(16-20(2)3)17-21(4)5)26(18-22(6)7)19-23(8)9/h20-24H,10-19H2,1-9H3. The third-order valence-electron chi connectivity index (χ3n) is 5.95. The van der Waals surface area contributed by atoms with E-state index in [1.54, 1.807) is 0 Å². The summed E-state index contributed by atoms with van der Waals surface area (Å²) in [6, 6.07) is 0. The van der Waals surface area contributed by atoms with Crippen LogP contribution in [0.4, 0.5) is 0 Å². The summed E-state index contributed by atoms with van der Waals surface area (Å²) in [6.07, 6.45) is 14.4. The minimum absolute atomic E-state index is 0.833. The Labute approximate surface area is 169 Å². The molecule has 0 unspecified atom stereocenters. The molecule has 0 aliphatic carbocycles. The van der Waals surface area contributed by atoms with E-state index in [1.807, 2.05) is 0 Å². The van der Waals surface area contributed by atoms with Crippen LogP contribution in [0.25, 0.3) is 0 Å². The number of hydrogen-bond acceptors (Lipinski definition) is 0. The number of hydrogen-bond donors (Lipinski definition) is 0. The van der Waals surface area contributed by atoms with Crippen LogP contribution in [0.3, 0.4) is 0 Å². The number of unbranched alkanes of at least 4 members (excludes halogenated alkanes) is 4. The van der Waals surface area contributed by atoms with Gasteiger partial charge in [-0.15, -0.1) is 0 Å². The van der Waals surface area contributed by atoms with Crippen molar-refractivity contribution in [3.8, 4) is 0 Å². The van der Waals surface area contributed by atoms with E-state index in [1.165, 1.54) is 63.8 Å². The first-order valence-electron chi connectivity index (χ1n) is 12.2. The highest BCUT2D eigenvalue weighted by atomic mass is 14.1. The molecule has 0 aromatic rings. The van der Waals surface area contributed by atoms with Crippen LogP contribution in [-0.2, 0) is 0 Å². The predicted molar refractivity (Wildman–Crippen MR) is 127 cm³/mol. The van der Waals surface area contributed by atoms with Gasteiger partial charge < -0.3 is 0 Å². The van der Waals surface area contributed by atoms with E-state index in [0.29, 0.717) is 0 Å². The van der Waals surface area contributed by atoms with E-state index in [9.17, 15) is 0 Å². The van der Waals surface area contributed by atoms with Gasteiger partial charge in [0.15, 0.2) is 0 Å². The van der Waals surface area contributed by atoms with Crippen LogP contribution in [0.15, 0.2) is 0 Å². The molecule has 0 aromatic carbocycles. The second kappa shape index (κ2) is 15.1. The van der Waals surface area contributed by atoms with Crippen molar-refractivity contribution in [3.05, 3.63) is 0 Å². The fraction of sp³-hybridized carbons (Fsp3) is 1.00. The third kappa shape index (κ3) is 13.3. The predicted octanol–water partition coefficient (Wildman–Crippen LogP) is 8.87. The van der Waals surface area contributed by atoms with Gasteiger partial charge in [0.25, 0.3) is 0 Å². The van der Waals surface area contributed by atoms with E-state index in [2.05, 4.69) is 62.3 Å². The van der Waals surface area contributed by atoms with Gasteiger partial charge in [-0.2, -0.15) is 0 Å². The summed E-state index contributed by atoms with van der Waals surface area (Å²) in [5, 5.41) is 0. The summed E-state index contributed by atoms with van der Waals surface area (Å²) in [5.74, 6) is 3.33. The molecular weight excluding hydrogens is 310 g/mol. The van der Waals surface area contributed by atoms with Crippen LogP contribution < -0.4 is 0 Å². The summed E-state index contributed by atoms with van der Waals surface area (Å²) in [7, 11) is 0. The quantitative estimate of drug-likeness (QED) is 0.190. The molecule has 0 saturated carbocycles. The van der Waals surface area contributed by atoms with Crippen LogP contribution in [0.1, 0.15) is 101 Å². The molecular formula is C24H52B2. The first-order valence-corrected chi connectivity index (χ1v) is 12.2. The normalized spacial score (nSPS) is 12.2. The van der Waals surface area contributed by atoms with Crippen molar-refractivity contribution in [1.82, 2.24) is 0 Å². The smallest absolute Gasteiger partial charge is 0.0828 e. The van der Waals surface area contributed by atoms with Crippen LogP contribution in [0.5, 0.6) is 0 Å². The van der Waals surface area contributed by atoms with Crippen molar-refractivity contribution in [1.29, 1.82) is 0 Å². The lowest BCUT2D eigenvalue weighted by atomic mass is 9.16. The fourth-order valence-electron chi connectivity index (χ4n) is 5.15. The first-order chi connectivity index (χ1) is 12.2. The van der Waals surface area contributed by atoms with Crippen LogP contribution in [0.2, 0.25) is 31.0 Å². The molecule has 2 heteroatoms. The average molecular weight is 362 g/mol. The molecule has 154 valence electrons. The molecule has 0 aliphatic rings. The lowest BCUT2D eigenvalue weighted by molar-refractivity contribution is 0.600. The summed E-state index contributed by atoms with van der Waals surface area (Å²) in [6.45, 7) is 23.7.